The van der Waals surface area contributed by atoms with Gasteiger partial charge in [-0.05, 0) is 73.5 Å². The summed E-state index contributed by atoms with van der Waals surface area (Å²) in [5.41, 5.74) is 6.84. The molecular formula is C26H26N4O4. The molecule has 34 heavy (non-hydrogen) atoms. The molecular weight excluding hydrogens is 432 g/mol. The van der Waals surface area contributed by atoms with Gasteiger partial charge in [0.25, 0.3) is 0 Å². The average Bonchev–Trinajstić information content (AvgIpc) is 2.83. The number of hydrogen-bond acceptors (Lipinski definition) is 5. The van der Waals surface area contributed by atoms with Gasteiger partial charge in [-0.2, -0.15) is 5.10 Å². The first kappa shape index (κ1) is 24.2. The lowest BCUT2D eigenvalue weighted by Gasteiger charge is -2.08. The van der Waals surface area contributed by atoms with Gasteiger partial charge in [0.2, 0.25) is 5.91 Å². The maximum absolute atomic E-state index is 12.1. The largest absolute Gasteiger partial charge is 0.489 e. The monoisotopic (exact) mass is 458 g/mol. The van der Waals surface area contributed by atoms with Crippen LogP contribution < -0.4 is 20.8 Å². The van der Waals surface area contributed by atoms with Crippen LogP contribution in [0.4, 0.5) is 11.4 Å². The Bertz CT molecular complexity index is 1180. The summed E-state index contributed by atoms with van der Waals surface area (Å²) in [4.78, 5) is 35.2. The van der Waals surface area contributed by atoms with Crippen molar-refractivity contribution >= 4 is 34.8 Å². The molecule has 0 bridgehead atoms. The number of nitrogens with zero attached hydrogens (tertiary/aromatic N) is 1. The molecule has 8 heteroatoms. The van der Waals surface area contributed by atoms with Crippen molar-refractivity contribution in [2.24, 2.45) is 5.10 Å². The van der Waals surface area contributed by atoms with E-state index in [1.54, 1.807) is 31.2 Å². The zero-order valence-corrected chi connectivity index (χ0v) is 19.2. The van der Waals surface area contributed by atoms with Crippen LogP contribution in [0, 0.1) is 6.92 Å². The predicted octanol–water partition coefficient (Wildman–Crippen LogP) is 4.01. The van der Waals surface area contributed by atoms with Crippen molar-refractivity contribution in [1.82, 2.24) is 5.43 Å². The molecule has 3 aromatic carbocycles. The Morgan fingerprint density at radius 2 is 1.35 bits per heavy atom. The molecule has 0 aliphatic carbocycles. The highest BCUT2D eigenvalue weighted by atomic mass is 16.5. The Morgan fingerprint density at radius 1 is 0.765 bits per heavy atom. The van der Waals surface area contributed by atoms with Crippen LogP contribution >= 0.6 is 0 Å². The summed E-state index contributed by atoms with van der Waals surface area (Å²) in [6.07, 6.45) is 0. The van der Waals surface area contributed by atoms with E-state index in [-0.39, 0.29) is 5.91 Å². The molecule has 3 N–H and O–H groups in total. The quantitative estimate of drug-likeness (QED) is 0.282. The van der Waals surface area contributed by atoms with Gasteiger partial charge < -0.3 is 15.4 Å². The minimum atomic E-state index is -0.900. The third-order valence-corrected chi connectivity index (χ3v) is 4.79. The van der Waals surface area contributed by atoms with E-state index in [9.17, 15) is 14.4 Å². The van der Waals surface area contributed by atoms with Gasteiger partial charge in [-0.15, -0.1) is 0 Å². The lowest BCUT2D eigenvalue weighted by Crippen LogP contribution is -2.32. The van der Waals surface area contributed by atoms with E-state index in [2.05, 4.69) is 21.2 Å². The number of hydrazone groups is 1. The van der Waals surface area contributed by atoms with Crippen molar-refractivity contribution in [2.45, 2.75) is 27.4 Å². The molecule has 0 heterocycles. The van der Waals surface area contributed by atoms with Crippen molar-refractivity contribution in [1.29, 1.82) is 0 Å². The Morgan fingerprint density at radius 3 is 1.94 bits per heavy atom. The number of amides is 3. The molecule has 0 atom stereocenters. The molecule has 0 unspecified atom stereocenters. The van der Waals surface area contributed by atoms with Gasteiger partial charge in [-0.3, -0.25) is 14.4 Å². The van der Waals surface area contributed by atoms with Crippen molar-refractivity contribution in [3.05, 3.63) is 89.5 Å². The standard InChI is InChI=1S/C26H26N4O4/c1-17-4-6-20(7-5-17)16-34-24-14-8-21(9-15-24)18(2)29-30-26(33)25(32)28-23-12-10-22(11-13-23)27-19(3)31/h4-15H,16H2,1-3H3,(H,27,31)(H,28,32)(H,30,33). The number of carbonyl (C=O) groups is 3. The van der Waals surface area contributed by atoms with E-state index in [4.69, 9.17) is 4.74 Å². The number of nitrogens with one attached hydrogen (secondary N) is 3. The van der Waals surface area contributed by atoms with Crippen LogP contribution in [0.2, 0.25) is 0 Å². The molecule has 0 aliphatic rings. The Balaban J connectivity index is 1.50. The van der Waals surface area contributed by atoms with E-state index in [0.717, 1.165) is 11.1 Å². The highest BCUT2D eigenvalue weighted by molar-refractivity contribution is 6.39. The van der Waals surface area contributed by atoms with Crippen LogP contribution in [-0.2, 0) is 21.0 Å². The van der Waals surface area contributed by atoms with Crippen LogP contribution in [0.3, 0.4) is 0 Å². The summed E-state index contributed by atoms with van der Waals surface area (Å²) in [5, 5.41) is 9.10. The van der Waals surface area contributed by atoms with E-state index in [1.165, 1.54) is 12.5 Å². The summed E-state index contributed by atoms with van der Waals surface area (Å²) >= 11 is 0. The Hall–Kier alpha value is -4.46. The minimum absolute atomic E-state index is 0.200. The van der Waals surface area contributed by atoms with Crippen molar-refractivity contribution in [2.75, 3.05) is 10.6 Å². The number of rotatable bonds is 7. The van der Waals surface area contributed by atoms with E-state index < -0.39 is 11.8 Å². The minimum Gasteiger partial charge on any atom is -0.489 e. The molecule has 3 aromatic rings. The average molecular weight is 459 g/mol. The summed E-state index contributed by atoms with van der Waals surface area (Å²) in [7, 11) is 0. The fraction of sp³-hybridized carbons (Fsp3) is 0.154. The lowest BCUT2D eigenvalue weighted by molar-refractivity contribution is -0.136. The van der Waals surface area contributed by atoms with Crippen LogP contribution in [0.15, 0.2) is 77.9 Å². The first-order valence-electron chi connectivity index (χ1n) is 10.6. The van der Waals surface area contributed by atoms with Gasteiger partial charge >= 0.3 is 11.8 Å². The van der Waals surface area contributed by atoms with Crippen LogP contribution in [0.5, 0.6) is 5.75 Å². The first-order valence-corrected chi connectivity index (χ1v) is 10.6. The number of hydrogen-bond donors (Lipinski definition) is 3. The fourth-order valence-corrected chi connectivity index (χ4v) is 2.92. The SMILES string of the molecule is CC(=O)Nc1ccc(NC(=O)C(=O)NN=C(C)c2ccc(OCc3ccc(C)cc3)cc2)cc1. The van der Waals surface area contributed by atoms with Crippen molar-refractivity contribution < 1.29 is 19.1 Å². The summed E-state index contributed by atoms with van der Waals surface area (Å²) in [6, 6.07) is 21.8. The predicted molar refractivity (Wildman–Crippen MR) is 132 cm³/mol. The highest BCUT2D eigenvalue weighted by Gasteiger charge is 2.13. The van der Waals surface area contributed by atoms with Gasteiger partial charge in [0.1, 0.15) is 12.4 Å². The number of aryl methyl sites for hydroxylation is 1. The van der Waals surface area contributed by atoms with Gasteiger partial charge in [-0.1, -0.05) is 29.8 Å². The maximum Gasteiger partial charge on any atom is 0.329 e. The summed E-state index contributed by atoms with van der Waals surface area (Å²) in [6.45, 7) is 5.63. The van der Waals surface area contributed by atoms with E-state index >= 15 is 0 Å². The summed E-state index contributed by atoms with van der Waals surface area (Å²) < 4.78 is 5.80. The van der Waals surface area contributed by atoms with Crippen molar-refractivity contribution in [3.8, 4) is 5.75 Å². The molecule has 8 nitrogen and oxygen atoms in total. The number of benzene rings is 3. The molecule has 3 rings (SSSR count). The zero-order chi connectivity index (χ0) is 24.5. The van der Waals surface area contributed by atoms with E-state index in [1.807, 2.05) is 55.5 Å². The lowest BCUT2D eigenvalue weighted by atomic mass is 10.1. The second-order valence-corrected chi connectivity index (χ2v) is 7.65. The molecule has 0 aliphatic heterocycles. The second-order valence-electron chi connectivity index (χ2n) is 7.65. The fourth-order valence-electron chi connectivity index (χ4n) is 2.92. The van der Waals surface area contributed by atoms with E-state index in [0.29, 0.717) is 29.4 Å². The number of anilines is 2. The Labute approximate surface area is 198 Å². The van der Waals surface area contributed by atoms with Gasteiger partial charge in [0, 0.05) is 18.3 Å². The van der Waals surface area contributed by atoms with Crippen LogP contribution in [-0.4, -0.2) is 23.4 Å². The van der Waals surface area contributed by atoms with Gasteiger partial charge in [0.05, 0.1) is 5.71 Å². The normalized spacial score (nSPS) is 10.9. The van der Waals surface area contributed by atoms with Gasteiger partial charge in [0.15, 0.2) is 0 Å². The summed E-state index contributed by atoms with van der Waals surface area (Å²) in [5.74, 6) is -1.24. The maximum atomic E-state index is 12.1. The van der Waals surface area contributed by atoms with Crippen molar-refractivity contribution in [3.63, 3.8) is 0 Å². The molecule has 3 amide bonds. The molecule has 174 valence electrons. The number of ether oxygens (including phenoxy) is 1. The van der Waals surface area contributed by atoms with Crippen LogP contribution in [0.25, 0.3) is 0 Å². The number of carbonyl (C=O) groups excluding carboxylic acids is 3. The van der Waals surface area contributed by atoms with Gasteiger partial charge in [-0.25, -0.2) is 5.43 Å². The third-order valence-electron chi connectivity index (χ3n) is 4.79. The Kier molecular flexibility index (Phi) is 8.12. The first-order chi connectivity index (χ1) is 16.3. The molecule has 0 aromatic heterocycles. The topological polar surface area (TPSA) is 109 Å². The molecule has 0 fully saturated rings. The third kappa shape index (κ3) is 7.30. The van der Waals surface area contributed by atoms with Crippen LogP contribution in [0.1, 0.15) is 30.5 Å². The molecule has 0 saturated heterocycles. The zero-order valence-electron chi connectivity index (χ0n) is 19.2. The highest BCUT2D eigenvalue weighted by Crippen LogP contribution is 2.16. The second kappa shape index (κ2) is 11.4. The smallest absolute Gasteiger partial charge is 0.329 e. The molecule has 0 saturated carbocycles. The molecule has 0 spiro atoms. The molecule has 0 radical (unpaired) electrons.